The van der Waals surface area contributed by atoms with E-state index >= 15 is 0 Å². The summed E-state index contributed by atoms with van der Waals surface area (Å²) in [5, 5.41) is 18.2. The van der Waals surface area contributed by atoms with Gasteiger partial charge in [-0.3, -0.25) is 19.6 Å². The summed E-state index contributed by atoms with van der Waals surface area (Å²) in [4.78, 5) is 22.9. The molecular formula is C20H28N4O4. The maximum Gasteiger partial charge on any atom is 0.312 e. The van der Waals surface area contributed by atoms with Crippen LogP contribution >= 0.6 is 0 Å². The third-order valence-electron chi connectivity index (χ3n) is 4.28. The van der Waals surface area contributed by atoms with Gasteiger partial charge in [-0.25, -0.2) is 0 Å². The predicted molar refractivity (Wildman–Crippen MR) is 107 cm³/mol. The number of rotatable bonds is 10. The largest absolute Gasteiger partial charge is 0.381 e. The SMILES string of the molecule is Cc1nn(Cc2ccc(C(=O)NCCCOCC(C)C)cc2)c(C)c1[N+](=O)[O-]. The van der Waals surface area contributed by atoms with Gasteiger partial charge in [0.15, 0.2) is 0 Å². The number of nitro groups is 1. The number of hydrogen-bond donors (Lipinski definition) is 1. The highest BCUT2D eigenvalue weighted by Crippen LogP contribution is 2.22. The van der Waals surface area contributed by atoms with E-state index in [-0.39, 0.29) is 11.6 Å². The second-order valence-corrected chi connectivity index (χ2v) is 7.21. The Hall–Kier alpha value is -2.74. The molecule has 0 atom stereocenters. The van der Waals surface area contributed by atoms with E-state index < -0.39 is 4.92 Å². The molecule has 2 aromatic rings. The Morgan fingerprint density at radius 3 is 2.54 bits per heavy atom. The molecule has 1 aromatic heterocycles. The summed E-state index contributed by atoms with van der Waals surface area (Å²) >= 11 is 0. The molecule has 8 nitrogen and oxygen atoms in total. The van der Waals surface area contributed by atoms with Crippen molar-refractivity contribution >= 4 is 11.6 Å². The number of benzene rings is 1. The summed E-state index contributed by atoms with van der Waals surface area (Å²) in [5.74, 6) is 0.380. The number of ether oxygens (including phenoxy) is 1. The lowest BCUT2D eigenvalue weighted by Crippen LogP contribution is -2.25. The zero-order valence-electron chi connectivity index (χ0n) is 16.9. The molecule has 28 heavy (non-hydrogen) atoms. The monoisotopic (exact) mass is 388 g/mol. The molecule has 0 fully saturated rings. The van der Waals surface area contributed by atoms with Crippen LogP contribution in [-0.2, 0) is 11.3 Å². The normalized spacial score (nSPS) is 11.0. The van der Waals surface area contributed by atoms with Crippen LogP contribution in [0.3, 0.4) is 0 Å². The lowest BCUT2D eigenvalue weighted by Gasteiger charge is -2.08. The first kappa shape index (κ1) is 21.6. The lowest BCUT2D eigenvalue weighted by atomic mass is 10.1. The molecule has 0 bridgehead atoms. The molecule has 1 aromatic carbocycles. The van der Waals surface area contributed by atoms with Crippen molar-refractivity contribution in [3.05, 3.63) is 56.9 Å². The smallest absolute Gasteiger partial charge is 0.312 e. The van der Waals surface area contributed by atoms with Crippen molar-refractivity contribution < 1.29 is 14.5 Å². The average Bonchev–Trinajstić information content (AvgIpc) is 2.91. The third-order valence-corrected chi connectivity index (χ3v) is 4.28. The van der Waals surface area contributed by atoms with E-state index in [1.807, 2.05) is 12.1 Å². The number of carbonyl (C=O) groups excluding carboxylic acids is 1. The van der Waals surface area contributed by atoms with Crippen LogP contribution in [0.15, 0.2) is 24.3 Å². The Bertz CT molecular complexity index is 812. The molecule has 0 aliphatic rings. The maximum absolute atomic E-state index is 12.2. The van der Waals surface area contributed by atoms with Crippen molar-refractivity contribution in [3.63, 3.8) is 0 Å². The lowest BCUT2D eigenvalue weighted by molar-refractivity contribution is -0.386. The Kier molecular flexibility index (Phi) is 7.69. The minimum atomic E-state index is -0.407. The van der Waals surface area contributed by atoms with E-state index in [1.165, 1.54) is 0 Å². The molecule has 0 spiro atoms. The van der Waals surface area contributed by atoms with Gasteiger partial charge in [-0.1, -0.05) is 26.0 Å². The number of hydrogen-bond acceptors (Lipinski definition) is 5. The Morgan fingerprint density at radius 1 is 1.29 bits per heavy atom. The molecule has 2 rings (SSSR count). The topological polar surface area (TPSA) is 99.3 Å². The Balaban J connectivity index is 1.87. The van der Waals surface area contributed by atoms with E-state index in [4.69, 9.17) is 4.74 Å². The van der Waals surface area contributed by atoms with Crippen LogP contribution in [0.25, 0.3) is 0 Å². The number of aryl methyl sites for hydroxylation is 1. The van der Waals surface area contributed by atoms with Crippen molar-refractivity contribution in [2.45, 2.75) is 40.7 Å². The van der Waals surface area contributed by atoms with Crippen LogP contribution in [0.2, 0.25) is 0 Å². The summed E-state index contributed by atoms with van der Waals surface area (Å²) in [7, 11) is 0. The van der Waals surface area contributed by atoms with Gasteiger partial charge in [0.1, 0.15) is 11.4 Å². The molecule has 0 aliphatic carbocycles. The van der Waals surface area contributed by atoms with Crippen molar-refractivity contribution in [1.82, 2.24) is 15.1 Å². The van der Waals surface area contributed by atoms with Crippen molar-refractivity contribution in [2.75, 3.05) is 19.8 Å². The predicted octanol–water partition coefficient (Wildman–Crippen LogP) is 3.25. The van der Waals surface area contributed by atoms with E-state index in [2.05, 4.69) is 24.3 Å². The van der Waals surface area contributed by atoms with E-state index in [0.29, 0.717) is 42.6 Å². The zero-order valence-corrected chi connectivity index (χ0v) is 16.9. The van der Waals surface area contributed by atoms with Gasteiger partial charge < -0.3 is 10.1 Å². The molecule has 8 heteroatoms. The molecule has 0 saturated heterocycles. The quantitative estimate of drug-likeness (QED) is 0.383. The molecular weight excluding hydrogens is 360 g/mol. The van der Waals surface area contributed by atoms with Crippen molar-refractivity contribution in [1.29, 1.82) is 0 Å². The van der Waals surface area contributed by atoms with Crippen LogP contribution in [0.1, 0.15) is 47.6 Å². The Morgan fingerprint density at radius 2 is 1.96 bits per heavy atom. The summed E-state index contributed by atoms with van der Waals surface area (Å²) in [6.45, 7) is 9.85. The van der Waals surface area contributed by atoms with Crippen molar-refractivity contribution in [3.8, 4) is 0 Å². The highest BCUT2D eigenvalue weighted by Gasteiger charge is 2.21. The first-order valence-corrected chi connectivity index (χ1v) is 9.43. The van der Waals surface area contributed by atoms with E-state index in [1.54, 1.807) is 30.7 Å². The van der Waals surface area contributed by atoms with Gasteiger partial charge in [0.2, 0.25) is 0 Å². The minimum Gasteiger partial charge on any atom is -0.381 e. The first-order chi connectivity index (χ1) is 13.3. The highest BCUT2D eigenvalue weighted by molar-refractivity contribution is 5.94. The molecule has 1 N–H and O–H groups in total. The van der Waals surface area contributed by atoms with Gasteiger partial charge >= 0.3 is 5.69 Å². The van der Waals surface area contributed by atoms with Gasteiger partial charge in [0.25, 0.3) is 5.91 Å². The summed E-state index contributed by atoms with van der Waals surface area (Å²) < 4.78 is 7.10. The number of nitrogens with one attached hydrogen (secondary N) is 1. The molecule has 152 valence electrons. The molecule has 0 unspecified atom stereocenters. The average molecular weight is 388 g/mol. The number of carbonyl (C=O) groups is 1. The van der Waals surface area contributed by atoms with Crippen LogP contribution in [0.4, 0.5) is 5.69 Å². The van der Waals surface area contributed by atoms with E-state index in [0.717, 1.165) is 18.6 Å². The van der Waals surface area contributed by atoms with Crippen LogP contribution in [0, 0.1) is 29.9 Å². The third kappa shape index (κ3) is 5.88. The highest BCUT2D eigenvalue weighted by atomic mass is 16.6. The fourth-order valence-corrected chi connectivity index (χ4v) is 2.84. The van der Waals surface area contributed by atoms with Crippen LogP contribution < -0.4 is 5.32 Å². The van der Waals surface area contributed by atoms with Gasteiger partial charge in [0.05, 0.1) is 11.5 Å². The number of aromatic nitrogens is 2. The van der Waals surface area contributed by atoms with Gasteiger partial charge in [-0.2, -0.15) is 5.10 Å². The van der Waals surface area contributed by atoms with Crippen molar-refractivity contribution in [2.24, 2.45) is 5.92 Å². The zero-order chi connectivity index (χ0) is 20.7. The second-order valence-electron chi connectivity index (χ2n) is 7.21. The molecule has 1 amide bonds. The fourth-order valence-electron chi connectivity index (χ4n) is 2.84. The molecule has 1 heterocycles. The number of nitrogens with zero attached hydrogens (tertiary/aromatic N) is 3. The van der Waals surface area contributed by atoms with Gasteiger partial charge in [-0.05, 0) is 43.9 Å². The minimum absolute atomic E-state index is 0.0494. The molecule has 0 radical (unpaired) electrons. The maximum atomic E-state index is 12.2. The number of amides is 1. The van der Waals surface area contributed by atoms with Crippen LogP contribution in [-0.4, -0.2) is 40.4 Å². The van der Waals surface area contributed by atoms with Gasteiger partial charge in [-0.15, -0.1) is 0 Å². The second kappa shape index (κ2) is 9.98. The van der Waals surface area contributed by atoms with Crippen LogP contribution in [0.5, 0.6) is 0 Å². The summed E-state index contributed by atoms with van der Waals surface area (Å²) in [5.41, 5.74) is 2.46. The molecule has 0 saturated carbocycles. The first-order valence-electron chi connectivity index (χ1n) is 9.43. The standard InChI is InChI=1S/C20H28N4O4/c1-14(2)13-28-11-5-10-21-20(25)18-8-6-17(7-9-18)12-23-16(4)19(24(26)27)15(3)22-23/h6-9,14H,5,10-13H2,1-4H3,(H,21,25). The summed E-state index contributed by atoms with van der Waals surface area (Å²) in [6, 6.07) is 7.17. The molecule has 0 aliphatic heterocycles. The summed E-state index contributed by atoms with van der Waals surface area (Å²) in [6.07, 6.45) is 0.771. The Labute approximate surface area is 165 Å². The van der Waals surface area contributed by atoms with E-state index in [9.17, 15) is 14.9 Å². The van der Waals surface area contributed by atoms with Gasteiger partial charge in [0, 0.05) is 25.3 Å². The fraction of sp³-hybridized carbons (Fsp3) is 0.500.